The number of aryl methyl sites for hydroxylation is 1. The average molecular weight is 310 g/mol. The summed E-state index contributed by atoms with van der Waals surface area (Å²) in [6.45, 7) is 1.55. The number of carbonyl (C=O) groups is 1. The number of hydrogen-bond acceptors (Lipinski definition) is 6. The van der Waals surface area contributed by atoms with Crippen LogP contribution >= 0.6 is 11.6 Å². The number of nitro benzene ring substituents is 1. The van der Waals surface area contributed by atoms with Crippen LogP contribution in [0.5, 0.6) is 11.8 Å². The number of aromatic carboxylic acids is 1. The summed E-state index contributed by atoms with van der Waals surface area (Å²) in [4.78, 5) is 28.7. The van der Waals surface area contributed by atoms with Crippen molar-refractivity contribution in [2.75, 3.05) is 0 Å². The van der Waals surface area contributed by atoms with E-state index >= 15 is 0 Å². The van der Waals surface area contributed by atoms with Gasteiger partial charge in [0.25, 0.3) is 0 Å². The van der Waals surface area contributed by atoms with E-state index in [1.54, 1.807) is 6.92 Å². The predicted molar refractivity (Wildman–Crippen MR) is 71.9 cm³/mol. The zero-order chi connectivity index (χ0) is 15.6. The van der Waals surface area contributed by atoms with Crippen molar-refractivity contribution in [3.63, 3.8) is 0 Å². The van der Waals surface area contributed by atoms with Gasteiger partial charge in [0.05, 0.1) is 4.92 Å². The number of nitrogens with zero attached hydrogens (tertiary/aromatic N) is 3. The molecule has 0 radical (unpaired) electrons. The lowest BCUT2D eigenvalue weighted by Gasteiger charge is -2.06. The highest BCUT2D eigenvalue weighted by Gasteiger charge is 2.18. The Morgan fingerprint density at radius 2 is 2.10 bits per heavy atom. The van der Waals surface area contributed by atoms with Gasteiger partial charge in [-0.2, -0.15) is 4.98 Å². The molecule has 2 aromatic rings. The van der Waals surface area contributed by atoms with E-state index in [1.165, 1.54) is 18.2 Å². The van der Waals surface area contributed by atoms with Crippen LogP contribution < -0.4 is 4.74 Å². The molecular formula is C12H8ClN3O5. The van der Waals surface area contributed by atoms with Gasteiger partial charge >= 0.3 is 17.7 Å². The molecule has 2 rings (SSSR count). The molecule has 9 heteroatoms. The first-order valence-electron chi connectivity index (χ1n) is 5.57. The molecule has 0 spiro atoms. The normalized spacial score (nSPS) is 10.2. The van der Waals surface area contributed by atoms with E-state index in [9.17, 15) is 14.9 Å². The fourth-order valence-electron chi connectivity index (χ4n) is 1.51. The monoisotopic (exact) mass is 309 g/mol. The second-order valence-corrected chi connectivity index (χ2v) is 4.39. The molecule has 1 N–H and O–H groups in total. The first-order chi connectivity index (χ1) is 9.86. The SMILES string of the molecule is Cc1cc(C(=O)O)nc(Oc2ccc(Cl)cc2[N+](=O)[O-])n1. The van der Waals surface area contributed by atoms with Crippen LogP contribution in [0, 0.1) is 17.0 Å². The van der Waals surface area contributed by atoms with Gasteiger partial charge in [0.2, 0.25) is 5.75 Å². The van der Waals surface area contributed by atoms with Crippen molar-refractivity contribution in [1.29, 1.82) is 0 Å². The van der Waals surface area contributed by atoms with Crippen molar-refractivity contribution in [2.24, 2.45) is 0 Å². The van der Waals surface area contributed by atoms with Crippen LogP contribution in [-0.2, 0) is 0 Å². The summed E-state index contributed by atoms with van der Waals surface area (Å²) in [5, 5.41) is 20.0. The molecule has 21 heavy (non-hydrogen) atoms. The molecule has 1 aromatic carbocycles. The molecule has 108 valence electrons. The lowest BCUT2D eigenvalue weighted by Crippen LogP contribution is -2.05. The number of aromatic nitrogens is 2. The number of carboxylic acid groups (broad SMARTS) is 1. The first-order valence-corrected chi connectivity index (χ1v) is 5.95. The van der Waals surface area contributed by atoms with Gasteiger partial charge in [0, 0.05) is 16.8 Å². The average Bonchev–Trinajstić information content (AvgIpc) is 2.40. The maximum atomic E-state index is 10.9. The maximum absolute atomic E-state index is 10.9. The minimum atomic E-state index is -1.25. The van der Waals surface area contributed by atoms with Crippen LogP contribution in [0.2, 0.25) is 5.02 Å². The Labute approximate surface area is 123 Å². The fraction of sp³-hybridized carbons (Fsp3) is 0.0833. The van der Waals surface area contributed by atoms with Gasteiger partial charge in [0.15, 0.2) is 5.69 Å². The summed E-state index contributed by atoms with van der Waals surface area (Å²) in [6.07, 6.45) is 0. The molecule has 0 unspecified atom stereocenters. The highest BCUT2D eigenvalue weighted by Crippen LogP contribution is 2.32. The van der Waals surface area contributed by atoms with Crippen LogP contribution in [0.3, 0.4) is 0 Å². The first kappa shape index (κ1) is 14.7. The molecule has 1 aromatic heterocycles. The Morgan fingerprint density at radius 3 is 2.71 bits per heavy atom. The van der Waals surface area contributed by atoms with Crippen molar-refractivity contribution in [1.82, 2.24) is 9.97 Å². The minimum Gasteiger partial charge on any atom is -0.477 e. The number of benzene rings is 1. The van der Waals surface area contributed by atoms with Gasteiger partial charge in [-0.25, -0.2) is 9.78 Å². The summed E-state index contributed by atoms with van der Waals surface area (Å²) in [7, 11) is 0. The van der Waals surface area contributed by atoms with Crippen LogP contribution in [0.15, 0.2) is 24.3 Å². The van der Waals surface area contributed by atoms with E-state index in [0.29, 0.717) is 5.69 Å². The summed E-state index contributed by atoms with van der Waals surface area (Å²) in [5.41, 5.74) is -0.285. The minimum absolute atomic E-state index is 0.133. The molecule has 0 saturated heterocycles. The molecule has 0 amide bonds. The summed E-state index contributed by atoms with van der Waals surface area (Å²) < 4.78 is 5.21. The number of hydrogen-bond donors (Lipinski definition) is 1. The van der Waals surface area contributed by atoms with Gasteiger partial charge in [0.1, 0.15) is 0 Å². The third-order valence-electron chi connectivity index (χ3n) is 2.37. The van der Waals surface area contributed by atoms with Crippen molar-refractivity contribution in [3.8, 4) is 11.8 Å². The number of rotatable bonds is 4. The van der Waals surface area contributed by atoms with Crippen molar-refractivity contribution in [3.05, 3.63) is 50.8 Å². The van der Waals surface area contributed by atoms with Gasteiger partial charge in [-0.1, -0.05) is 11.6 Å². The van der Waals surface area contributed by atoms with Gasteiger partial charge in [-0.05, 0) is 25.1 Å². The highest BCUT2D eigenvalue weighted by molar-refractivity contribution is 6.30. The molecule has 8 nitrogen and oxygen atoms in total. The van der Waals surface area contributed by atoms with Crippen LogP contribution in [0.4, 0.5) is 5.69 Å². The number of nitro groups is 1. The van der Waals surface area contributed by atoms with Gasteiger partial charge in [-0.3, -0.25) is 10.1 Å². The molecule has 0 bridgehead atoms. The van der Waals surface area contributed by atoms with E-state index < -0.39 is 10.9 Å². The summed E-state index contributed by atoms with van der Waals surface area (Å²) in [6, 6.07) is 4.76. The highest BCUT2D eigenvalue weighted by atomic mass is 35.5. The van der Waals surface area contributed by atoms with Crippen molar-refractivity contribution < 1.29 is 19.6 Å². The Morgan fingerprint density at radius 1 is 1.38 bits per heavy atom. The quantitative estimate of drug-likeness (QED) is 0.681. The molecule has 1 heterocycles. The Hall–Kier alpha value is -2.74. The lowest BCUT2D eigenvalue weighted by atomic mass is 10.3. The topological polar surface area (TPSA) is 115 Å². The Kier molecular flexibility index (Phi) is 3.99. The zero-order valence-electron chi connectivity index (χ0n) is 10.6. The molecule has 0 aliphatic carbocycles. The maximum Gasteiger partial charge on any atom is 0.354 e. The van der Waals surface area contributed by atoms with Gasteiger partial charge in [-0.15, -0.1) is 0 Å². The summed E-state index contributed by atoms with van der Waals surface area (Å²) in [5.74, 6) is -1.39. The van der Waals surface area contributed by atoms with Gasteiger partial charge < -0.3 is 9.84 Å². The molecule has 0 aliphatic rings. The lowest BCUT2D eigenvalue weighted by molar-refractivity contribution is -0.385. The van der Waals surface area contributed by atoms with Crippen molar-refractivity contribution >= 4 is 23.3 Å². The second kappa shape index (κ2) is 5.71. The molecule has 0 fully saturated rings. The third kappa shape index (κ3) is 3.42. The van der Waals surface area contributed by atoms with Crippen LogP contribution in [-0.4, -0.2) is 26.0 Å². The predicted octanol–water partition coefficient (Wildman–Crippen LogP) is 2.84. The molecule has 0 aliphatic heterocycles. The van der Waals surface area contributed by atoms with Crippen molar-refractivity contribution in [2.45, 2.75) is 6.92 Å². The van der Waals surface area contributed by atoms with E-state index in [4.69, 9.17) is 21.4 Å². The zero-order valence-corrected chi connectivity index (χ0v) is 11.4. The standard InChI is InChI=1S/C12H8ClN3O5/c1-6-4-8(11(17)18)15-12(14-6)21-10-3-2-7(13)5-9(10)16(19)20/h2-5H,1H3,(H,17,18). The molecule has 0 saturated carbocycles. The van der Waals surface area contributed by atoms with E-state index in [1.807, 2.05) is 0 Å². The molecule has 0 atom stereocenters. The largest absolute Gasteiger partial charge is 0.477 e. The second-order valence-electron chi connectivity index (χ2n) is 3.95. The smallest absolute Gasteiger partial charge is 0.354 e. The van der Waals surface area contributed by atoms with Crippen LogP contribution in [0.1, 0.15) is 16.2 Å². The molecular weight excluding hydrogens is 302 g/mol. The summed E-state index contributed by atoms with van der Waals surface area (Å²) >= 11 is 5.69. The fourth-order valence-corrected chi connectivity index (χ4v) is 1.68. The van der Waals surface area contributed by atoms with E-state index in [0.717, 1.165) is 6.07 Å². The third-order valence-corrected chi connectivity index (χ3v) is 2.61. The number of ether oxygens (including phenoxy) is 1. The Bertz CT molecular complexity index is 735. The Balaban J connectivity index is 2.43. The van der Waals surface area contributed by atoms with Crippen LogP contribution in [0.25, 0.3) is 0 Å². The van der Waals surface area contributed by atoms with E-state index in [2.05, 4.69) is 9.97 Å². The van der Waals surface area contributed by atoms with E-state index in [-0.39, 0.29) is 28.2 Å². The number of halogens is 1. The number of carboxylic acids is 1.